The van der Waals surface area contributed by atoms with Gasteiger partial charge in [0.25, 0.3) is 11.8 Å². The Labute approximate surface area is 199 Å². The predicted molar refractivity (Wildman–Crippen MR) is 127 cm³/mol. The van der Waals surface area contributed by atoms with Crippen molar-refractivity contribution < 1.29 is 14.4 Å². The lowest BCUT2D eigenvalue weighted by Crippen LogP contribution is -2.56. The number of amides is 2. The van der Waals surface area contributed by atoms with Crippen molar-refractivity contribution in [3.8, 4) is 6.19 Å². The second-order valence-electron chi connectivity index (χ2n) is 9.88. The van der Waals surface area contributed by atoms with Crippen LogP contribution in [0, 0.1) is 11.5 Å². The summed E-state index contributed by atoms with van der Waals surface area (Å²) in [6, 6.07) is 9.48. The summed E-state index contributed by atoms with van der Waals surface area (Å²) in [6.45, 7) is 6.91. The fourth-order valence-electron chi connectivity index (χ4n) is 4.48. The third-order valence-corrected chi connectivity index (χ3v) is 6.45. The first-order valence-corrected chi connectivity index (χ1v) is 11.5. The number of nitriles is 1. The molecule has 1 unspecified atom stereocenters. The van der Waals surface area contributed by atoms with E-state index in [1.54, 1.807) is 24.5 Å². The maximum atomic E-state index is 14.0. The smallest absolute Gasteiger partial charge is 0.251 e. The maximum Gasteiger partial charge on any atom is 0.251 e. The first kappa shape index (κ1) is 23.4. The molecule has 0 N–H and O–H groups in total. The number of Topliss-reactive ketones (excluding diaryl/α,β-unsaturated/α-hetero) is 1. The van der Waals surface area contributed by atoms with Crippen molar-refractivity contribution in [2.45, 2.75) is 51.1 Å². The molecule has 8 heteroatoms. The van der Waals surface area contributed by atoms with Crippen LogP contribution in [0.2, 0.25) is 0 Å². The molecule has 2 fully saturated rings. The third kappa shape index (κ3) is 4.51. The minimum atomic E-state index is -0.990. The molecule has 8 nitrogen and oxygen atoms in total. The van der Waals surface area contributed by atoms with Gasteiger partial charge in [0.15, 0.2) is 12.0 Å². The lowest BCUT2D eigenvalue weighted by molar-refractivity contribution is -0.146. The summed E-state index contributed by atoms with van der Waals surface area (Å²) in [7, 11) is 0. The van der Waals surface area contributed by atoms with Crippen LogP contribution in [0.5, 0.6) is 0 Å². The summed E-state index contributed by atoms with van der Waals surface area (Å²) in [4.78, 5) is 47.9. The number of aromatic nitrogens is 1. The highest BCUT2D eigenvalue weighted by Crippen LogP contribution is 2.34. The van der Waals surface area contributed by atoms with Gasteiger partial charge in [0.05, 0.1) is 13.1 Å². The standard InChI is InChI=1S/C26H29N5O3/c1-26(2,3)19-8-10-20(11-9-19)31(24(33)22-7-5-13-29(22)17-27)23(18-6-4-12-28-14-18)25(34)30-15-21(32)16-30/h4,6,8-12,14,22-23H,5,7,13,15-16H2,1-3H3/t22-,23?/m1/s1. The topological polar surface area (TPSA) is 97.6 Å². The minimum Gasteiger partial charge on any atom is -0.326 e. The van der Waals surface area contributed by atoms with Crippen molar-refractivity contribution in [3.05, 3.63) is 59.9 Å². The molecule has 2 aliphatic rings. The van der Waals surface area contributed by atoms with E-state index in [-0.39, 0.29) is 36.1 Å². The molecule has 4 rings (SSSR count). The van der Waals surface area contributed by atoms with Crippen LogP contribution >= 0.6 is 0 Å². The van der Waals surface area contributed by atoms with Crippen molar-refractivity contribution in [2.24, 2.45) is 0 Å². The van der Waals surface area contributed by atoms with Crippen LogP contribution in [-0.4, -0.2) is 58.1 Å². The summed E-state index contributed by atoms with van der Waals surface area (Å²) < 4.78 is 0. The minimum absolute atomic E-state index is 0.0165. The van der Waals surface area contributed by atoms with Crippen LogP contribution in [-0.2, 0) is 19.8 Å². The Balaban J connectivity index is 1.81. The zero-order chi connectivity index (χ0) is 24.5. The normalized spacial score (nSPS) is 18.8. The van der Waals surface area contributed by atoms with E-state index in [2.05, 4.69) is 31.9 Å². The van der Waals surface area contributed by atoms with Gasteiger partial charge in [-0.05, 0) is 42.0 Å². The van der Waals surface area contributed by atoms with E-state index in [0.717, 1.165) is 12.0 Å². The number of benzene rings is 1. The average Bonchev–Trinajstić information content (AvgIpc) is 3.29. The number of nitrogens with zero attached hydrogens (tertiary/aromatic N) is 5. The summed E-state index contributed by atoms with van der Waals surface area (Å²) in [5.74, 6) is -0.656. The van der Waals surface area contributed by atoms with E-state index in [4.69, 9.17) is 0 Å². The van der Waals surface area contributed by atoms with Gasteiger partial charge in [-0.25, -0.2) is 0 Å². The molecule has 0 aliphatic carbocycles. The molecule has 2 atom stereocenters. The first-order chi connectivity index (χ1) is 16.2. The molecule has 1 aromatic carbocycles. The molecule has 34 heavy (non-hydrogen) atoms. The number of hydrogen-bond acceptors (Lipinski definition) is 6. The van der Waals surface area contributed by atoms with Crippen LogP contribution in [0.1, 0.15) is 50.8 Å². The van der Waals surface area contributed by atoms with Gasteiger partial charge in [0, 0.05) is 30.2 Å². The van der Waals surface area contributed by atoms with Gasteiger partial charge in [-0.3, -0.25) is 29.2 Å². The van der Waals surface area contributed by atoms with E-state index in [1.165, 1.54) is 14.7 Å². The third-order valence-electron chi connectivity index (χ3n) is 6.45. The van der Waals surface area contributed by atoms with Crippen LogP contribution in [0.25, 0.3) is 0 Å². The first-order valence-electron chi connectivity index (χ1n) is 11.5. The molecule has 2 aliphatic heterocycles. The zero-order valence-electron chi connectivity index (χ0n) is 19.8. The SMILES string of the molecule is CC(C)(C)c1ccc(N(C(=O)[C@H]2CCCN2C#N)C(C(=O)N2CC(=O)C2)c2cccnc2)cc1. The van der Waals surface area contributed by atoms with E-state index in [0.29, 0.717) is 24.2 Å². The van der Waals surface area contributed by atoms with Crippen LogP contribution < -0.4 is 4.90 Å². The Bertz CT molecular complexity index is 1110. The monoisotopic (exact) mass is 459 g/mol. The molecular weight excluding hydrogens is 430 g/mol. The number of ketones is 1. The van der Waals surface area contributed by atoms with E-state index in [9.17, 15) is 19.6 Å². The average molecular weight is 460 g/mol. The molecule has 1 aromatic heterocycles. The Hall–Kier alpha value is -3.73. The van der Waals surface area contributed by atoms with Gasteiger partial charge in [0.2, 0.25) is 0 Å². The van der Waals surface area contributed by atoms with Gasteiger partial charge in [-0.2, -0.15) is 5.26 Å². The van der Waals surface area contributed by atoms with E-state index in [1.807, 2.05) is 24.3 Å². The Kier molecular flexibility index (Phi) is 6.38. The Morgan fingerprint density at radius 2 is 1.88 bits per heavy atom. The molecule has 0 spiro atoms. The van der Waals surface area contributed by atoms with Crippen molar-refractivity contribution in [2.75, 3.05) is 24.5 Å². The highest BCUT2D eigenvalue weighted by Gasteiger charge is 2.43. The highest BCUT2D eigenvalue weighted by atomic mass is 16.2. The lowest BCUT2D eigenvalue weighted by atomic mass is 9.87. The summed E-state index contributed by atoms with van der Waals surface area (Å²) in [5.41, 5.74) is 2.15. The second-order valence-corrected chi connectivity index (χ2v) is 9.88. The number of carbonyl (C=O) groups is 3. The molecule has 2 saturated heterocycles. The van der Waals surface area contributed by atoms with Gasteiger partial charge in [-0.15, -0.1) is 0 Å². The molecular formula is C26H29N5O3. The molecule has 0 radical (unpaired) electrons. The molecule has 3 heterocycles. The number of anilines is 1. The van der Waals surface area contributed by atoms with Crippen molar-refractivity contribution >= 4 is 23.3 Å². The Morgan fingerprint density at radius 1 is 1.18 bits per heavy atom. The molecule has 2 amide bonds. The van der Waals surface area contributed by atoms with Gasteiger partial charge >= 0.3 is 0 Å². The van der Waals surface area contributed by atoms with E-state index >= 15 is 0 Å². The number of likely N-dealkylation sites (tertiary alicyclic amines) is 2. The van der Waals surface area contributed by atoms with Crippen molar-refractivity contribution in [3.63, 3.8) is 0 Å². The lowest BCUT2D eigenvalue weighted by Gasteiger charge is -2.39. The number of rotatable bonds is 5. The molecule has 2 aromatic rings. The fourth-order valence-corrected chi connectivity index (χ4v) is 4.48. The van der Waals surface area contributed by atoms with Gasteiger partial charge in [0.1, 0.15) is 12.1 Å². The molecule has 0 saturated carbocycles. The molecule has 176 valence electrons. The summed E-state index contributed by atoms with van der Waals surface area (Å²) in [5, 5.41) is 9.58. The van der Waals surface area contributed by atoms with Gasteiger partial charge in [-0.1, -0.05) is 39.0 Å². The fraction of sp³-hybridized carbons (Fsp3) is 0.423. The quantitative estimate of drug-likeness (QED) is 0.638. The van der Waals surface area contributed by atoms with Crippen LogP contribution in [0.15, 0.2) is 48.8 Å². The van der Waals surface area contributed by atoms with Gasteiger partial charge < -0.3 is 4.90 Å². The van der Waals surface area contributed by atoms with E-state index < -0.39 is 12.1 Å². The zero-order valence-corrected chi connectivity index (χ0v) is 19.8. The van der Waals surface area contributed by atoms with Crippen molar-refractivity contribution in [1.29, 1.82) is 5.26 Å². The second kappa shape index (κ2) is 9.26. The largest absolute Gasteiger partial charge is 0.326 e. The number of carbonyl (C=O) groups excluding carboxylic acids is 3. The highest BCUT2D eigenvalue weighted by molar-refractivity contribution is 6.06. The molecule has 0 bridgehead atoms. The van der Waals surface area contributed by atoms with Crippen LogP contribution in [0.4, 0.5) is 5.69 Å². The summed E-state index contributed by atoms with van der Waals surface area (Å²) in [6.07, 6.45) is 6.57. The van der Waals surface area contributed by atoms with Crippen molar-refractivity contribution in [1.82, 2.24) is 14.8 Å². The Morgan fingerprint density at radius 3 is 2.44 bits per heavy atom. The van der Waals surface area contributed by atoms with Crippen LogP contribution in [0.3, 0.4) is 0 Å². The number of pyridine rings is 1. The maximum absolute atomic E-state index is 14.0. The summed E-state index contributed by atoms with van der Waals surface area (Å²) >= 11 is 0. The predicted octanol–water partition coefficient (Wildman–Crippen LogP) is 2.81. The number of hydrogen-bond donors (Lipinski definition) is 0.